The number of aliphatic imine (C=N–C) groups is 6. The van der Waals surface area contributed by atoms with Gasteiger partial charge in [-0.15, -0.1) is 0 Å². The highest BCUT2D eigenvalue weighted by atomic mass is 127. The van der Waals surface area contributed by atoms with Crippen LogP contribution in [0.15, 0.2) is 30.0 Å². The molecule has 0 unspecified atom stereocenters. The maximum atomic E-state index is 11.6. The van der Waals surface area contributed by atoms with E-state index in [1.165, 1.54) is 0 Å². The van der Waals surface area contributed by atoms with Gasteiger partial charge in [-0.2, -0.15) is 0 Å². The molecule has 36 nitrogen and oxygen atoms in total. The summed E-state index contributed by atoms with van der Waals surface area (Å²) in [7, 11) is 44.2. The Kier molecular flexibility index (Phi) is 95.0. The van der Waals surface area contributed by atoms with Crippen molar-refractivity contribution in [3.63, 3.8) is 0 Å². The van der Waals surface area contributed by atoms with Crippen molar-refractivity contribution in [2.45, 2.75) is 0 Å². The number of halogens is 6. The molecule has 0 radical (unpaired) electrons. The molecule has 0 heterocycles. The number of nitrogens with zero attached hydrogens (tertiary/aromatic N) is 12. The first kappa shape index (κ1) is 127. The summed E-state index contributed by atoms with van der Waals surface area (Å²) in [5.74, 6) is 2.35. The van der Waals surface area contributed by atoms with Crippen LogP contribution in [-0.2, 0) is 28.8 Å². The van der Waals surface area contributed by atoms with E-state index < -0.39 is 0 Å². The molecule has 0 bridgehead atoms. The van der Waals surface area contributed by atoms with Gasteiger partial charge in [0.1, 0.15) is 0 Å². The minimum Gasteiger partial charge on any atom is -1.00 e. The van der Waals surface area contributed by atoms with E-state index in [0.717, 1.165) is 78.5 Å². The van der Waals surface area contributed by atoms with Crippen molar-refractivity contribution < 1.29 is 200 Å². The number of carbonyl (C=O) groups excluding carboxylic acids is 6. The van der Waals surface area contributed by atoms with Gasteiger partial charge in [0.2, 0.25) is 0 Å². The van der Waals surface area contributed by atoms with Crippen LogP contribution in [-0.4, -0.2) is 424 Å². The molecular weight excluding hydrogens is 2000 g/mol. The predicted octanol–water partition coefficient (Wildman–Crippen LogP) is -27.7. The van der Waals surface area contributed by atoms with E-state index in [1.54, 1.807) is 42.3 Å². The Morgan fingerprint density at radius 3 is 0.382 bits per heavy atom. The van der Waals surface area contributed by atoms with E-state index in [1.807, 2.05) is 127 Å². The first-order valence-electron chi connectivity index (χ1n) is 32.5. The van der Waals surface area contributed by atoms with Crippen molar-refractivity contribution in [2.75, 3.05) is 326 Å². The Morgan fingerprint density at radius 1 is 0.216 bits per heavy atom. The highest BCUT2D eigenvalue weighted by molar-refractivity contribution is 6.36. The number of likely N-dealkylation sites (N-methyl/N-ethyl adjacent to an activating group) is 12. The van der Waals surface area contributed by atoms with Gasteiger partial charge in [-0.1, -0.05) is 0 Å². The third-order valence-corrected chi connectivity index (χ3v) is 11.6. The van der Waals surface area contributed by atoms with Gasteiger partial charge >= 0.3 is 35.4 Å². The van der Waals surface area contributed by atoms with Gasteiger partial charge in [-0.05, 0) is 0 Å². The molecule has 0 fully saturated rings. The van der Waals surface area contributed by atoms with E-state index >= 15 is 0 Å². The maximum absolute atomic E-state index is 11.6. The number of nitrogens with one attached hydrogen (secondary N) is 12. The van der Waals surface area contributed by atoms with E-state index in [0.29, 0.717) is 140 Å². The zero-order chi connectivity index (χ0) is 75.6. The Hall–Kier alpha value is -1.50. The standard InChI is InChI=1S/6C10H23N5O.6HI/c6*1-12-10(16)9(15(2,3)4)14-8-7-13-6-5-11;;;;;;/h6*13H,5-8,11H2,1-4H3;6*1H. The van der Waals surface area contributed by atoms with Crippen LogP contribution in [0.4, 0.5) is 0 Å². The third-order valence-electron chi connectivity index (χ3n) is 11.6. The van der Waals surface area contributed by atoms with Crippen LogP contribution in [0, 0.1) is 0 Å². The summed E-state index contributed by atoms with van der Waals surface area (Å²) >= 11 is 0. The van der Waals surface area contributed by atoms with Crippen LogP contribution < -0.4 is 242 Å². The molecule has 0 saturated carbocycles. The quantitative estimate of drug-likeness (QED) is 0.0104. The topological polar surface area (TPSA) is 477 Å². The highest BCUT2D eigenvalue weighted by Gasteiger charge is 2.30. The van der Waals surface area contributed by atoms with Crippen LogP contribution in [0.25, 0.3) is 0 Å². The van der Waals surface area contributed by atoms with Crippen LogP contribution in [0.5, 0.6) is 0 Å². The number of rotatable bonds is 30. The van der Waals surface area contributed by atoms with E-state index in [2.05, 4.69) is 93.8 Å². The summed E-state index contributed by atoms with van der Waals surface area (Å²) in [5, 5.41) is 34.4. The third kappa shape index (κ3) is 74.0. The fourth-order valence-electron chi connectivity index (χ4n) is 7.01. The molecule has 102 heavy (non-hydrogen) atoms. The van der Waals surface area contributed by atoms with E-state index in [-0.39, 0.29) is 179 Å². The van der Waals surface area contributed by atoms with Gasteiger partial charge in [0.05, 0.1) is 166 Å². The molecule has 0 saturated heterocycles. The van der Waals surface area contributed by atoms with Gasteiger partial charge in [0.25, 0.3) is 35.0 Å². The molecule has 612 valence electrons. The summed E-state index contributed by atoms with van der Waals surface area (Å²) in [6.07, 6.45) is 0. The highest BCUT2D eigenvalue weighted by Crippen LogP contribution is 2.01. The molecule has 0 aromatic heterocycles. The lowest BCUT2D eigenvalue weighted by molar-refractivity contribution is -0.774. The molecule has 0 aliphatic carbocycles. The lowest BCUT2D eigenvalue weighted by atomic mass is 10.4. The number of amides is 6. The fraction of sp³-hybridized carbons (Fsp3) is 0.800. The van der Waals surface area contributed by atoms with Crippen LogP contribution >= 0.6 is 0 Å². The molecule has 0 atom stereocenters. The normalized spacial score (nSPS) is 11.9. The molecule has 0 aliphatic rings. The summed E-state index contributed by atoms with van der Waals surface area (Å²) in [6, 6.07) is 0. The fourth-order valence-corrected chi connectivity index (χ4v) is 7.01. The number of nitrogens with two attached hydrogens (primary N) is 6. The lowest BCUT2D eigenvalue weighted by Gasteiger charge is -2.23. The van der Waals surface area contributed by atoms with Gasteiger partial charge in [0.15, 0.2) is 0 Å². The van der Waals surface area contributed by atoms with Gasteiger partial charge in [0, 0.05) is 160 Å². The second-order valence-electron chi connectivity index (χ2n) is 26.0. The maximum Gasteiger partial charge on any atom is 0.325 e. The molecule has 42 heteroatoms. The van der Waals surface area contributed by atoms with Crippen molar-refractivity contribution in [1.29, 1.82) is 0 Å². The zero-order valence-corrected chi connectivity index (χ0v) is 79.5. The number of hydrogen-bond acceptors (Lipinski definition) is 24. The van der Waals surface area contributed by atoms with Crippen LogP contribution in [0.1, 0.15) is 0 Å². The smallest absolute Gasteiger partial charge is 0.325 e. The Labute approximate surface area is 717 Å². The summed E-state index contributed by atoms with van der Waals surface area (Å²) in [6.45, 7) is 16.2. The molecule has 0 aromatic carbocycles. The predicted molar refractivity (Wildman–Crippen MR) is 398 cm³/mol. The first-order chi connectivity index (χ1) is 44.6. The largest absolute Gasteiger partial charge is 1.00 e. The zero-order valence-electron chi connectivity index (χ0n) is 66.5. The number of quaternary nitrogens is 6. The summed E-state index contributed by atoms with van der Waals surface area (Å²) < 4.78 is 2.48. The molecular formula is C60H144I6N30O6. The van der Waals surface area contributed by atoms with Crippen molar-refractivity contribution >= 4 is 70.5 Å². The molecule has 0 spiro atoms. The van der Waals surface area contributed by atoms with Crippen molar-refractivity contribution in [2.24, 2.45) is 64.4 Å². The van der Waals surface area contributed by atoms with Crippen LogP contribution in [0.2, 0.25) is 0 Å². The second-order valence-corrected chi connectivity index (χ2v) is 26.0. The monoisotopic (exact) mass is 2140 g/mol. The van der Waals surface area contributed by atoms with Gasteiger partial charge < -0.3 is 242 Å². The lowest BCUT2D eigenvalue weighted by Crippen LogP contribution is -3.00. The average molecular weight is 2140 g/mol. The molecule has 0 rings (SSSR count). The number of hydrogen-bond donors (Lipinski definition) is 18. The second kappa shape index (κ2) is 76.3. The van der Waals surface area contributed by atoms with Crippen LogP contribution in [0.3, 0.4) is 0 Å². The number of amidine groups is 6. The average Bonchev–Trinajstić information content (AvgIpc) is 0.925. The van der Waals surface area contributed by atoms with E-state index in [4.69, 9.17) is 34.4 Å². The molecule has 24 N–H and O–H groups in total. The van der Waals surface area contributed by atoms with Crippen molar-refractivity contribution in [3.8, 4) is 0 Å². The summed E-state index contributed by atoms with van der Waals surface area (Å²) in [5.41, 5.74) is 32.1. The van der Waals surface area contributed by atoms with Gasteiger partial charge in [-0.25, -0.2) is 30.0 Å². The Morgan fingerprint density at radius 2 is 0.314 bits per heavy atom. The van der Waals surface area contributed by atoms with E-state index in [9.17, 15) is 28.8 Å². The molecule has 0 aromatic rings. The summed E-state index contributed by atoms with van der Waals surface area (Å²) in [4.78, 5) is 95.4. The van der Waals surface area contributed by atoms with Crippen molar-refractivity contribution in [3.05, 3.63) is 0 Å². The minimum absolute atomic E-state index is 0. The number of carbonyl (C=O) groups is 6. The molecule has 0 aliphatic heterocycles. The van der Waals surface area contributed by atoms with Crippen molar-refractivity contribution in [1.82, 2.24) is 63.8 Å². The minimum atomic E-state index is -0.133. The Balaban J connectivity index is -0.0000000942. The Bertz CT molecular complexity index is 1900. The first-order valence-corrected chi connectivity index (χ1v) is 32.5. The van der Waals surface area contributed by atoms with Gasteiger partial charge in [-0.3, -0.25) is 55.7 Å². The SMILES string of the molecule is CNC(=O)C(=NCCNCCN)[N+](C)(C)C.CNC(=O)C(=NCCNCCN)[N+](C)(C)C.CNC(=O)C(=NCCNCCN)[N+](C)(C)C.CNC(=O)C(=NCCNCCN)[N+](C)(C)C.CNC(=O)C(=NCCNCCN)[N+](C)(C)C.CNC(=O)C(=NCCNCCN)[N+](C)(C)C.[I-].[I-].[I-].[I-].[I-].[I-]. The molecule has 6 amide bonds.